The number of hydrogen-bond donors (Lipinski definition) is 1. The maximum atomic E-state index is 4.73. The van der Waals surface area contributed by atoms with Crippen LogP contribution in [0.1, 0.15) is 30.5 Å². The molecule has 0 atom stereocenters. The number of halogens is 2. The minimum absolute atomic E-state index is 0. The van der Waals surface area contributed by atoms with Crippen LogP contribution in [0.15, 0.2) is 29.6 Å². The first kappa shape index (κ1) is 18.1. The van der Waals surface area contributed by atoms with Crippen molar-refractivity contribution in [3.05, 3.63) is 40.3 Å². The molecule has 1 aliphatic rings. The van der Waals surface area contributed by atoms with Crippen LogP contribution in [-0.2, 0) is 6.54 Å². The lowest BCUT2D eigenvalue weighted by Crippen LogP contribution is -2.33. The fourth-order valence-electron chi connectivity index (χ4n) is 2.37. The van der Waals surface area contributed by atoms with Gasteiger partial charge in [0.1, 0.15) is 0 Å². The Morgan fingerprint density at radius 2 is 2.05 bits per heavy atom. The van der Waals surface area contributed by atoms with Crippen LogP contribution in [0.3, 0.4) is 0 Å². The molecule has 0 saturated carbocycles. The Morgan fingerprint density at radius 3 is 2.76 bits per heavy atom. The molecule has 2 aromatic rings. The molecule has 3 nitrogen and oxygen atoms in total. The van der Waals surface area contributed by atoms with Crippen LogP contribution in [0.5, 0.6) is 0 Å². The highest BCUT2D eigenvalue weighted by Gasteiger charge is 2.17. The maximum Gasteiger partial charge on any atom is 0.0954 e. The number of fused-ring (bicyclic) bond motifs is 1. The Bertz CT molecular complexity index is 572. The number of thiazole rings is 1. The quantitative estimate of drug-likeness (QED) is 0.884. The molecule has 0 unspecified atom stereocenters. The molecule has 1 N–H and O–H groups in total. The van der Waals surface area contributed by atoms with Crippen molar-refractivity contribution in [1.82, 2.24) is 4.98 Å². The molecule has 0 aliphatic carbocycles. The molecule has 2 heterocycles. The van der Waals surface area contributed by atoms with E-state index in [1.807, 2.05) is 0 Å². The van der Waals surface area contributed by atoms with Crippen molar-refractivity contribution in [2.45, 2.75) is 26.3 Å². The first-order chi connectivity index (χ1) is 9.24. The van der Waals surface area contributed by atoms with Gasteiger partial charge in [-0.05, 0) is 12.1 Å². The molecular weight excluding hydrogens is 325 g/mol. The molecule has 21 heavy (non-hydrogen) atoms. The molecular formula is C15H21Cl2N3S. The third-order valence-corrected chi connectivity index (χ3v) is 4.55. The number of nitrogens with one attached hydrogen (secondary N) is 1. The summed E-state index contributed by atoms with van der Waals surface area (Å²) in [6.45, 7) is 7.33. The molecule has 0 bridgehead atoms. The number of rotatable bonds is 3. The van der Waals surface area contributed by atoms with Crippen LogP contribution in [0.2, 0.25) is 0 Å². The number of hydrogen-bond acceptors (Lipinski definition) is 4. The second-order valence-electron chi connectivity index (χ2n) is 5.20. The van der Waals surface area contributed by atoms with Gasteiger partial charge >= 0.3 is 0 Å². The second-order valence-corrected chi connectivity index (χ2v) is 6.09. The number of benzene rings is 1. The van der Waals surface area contributed by atoms with E-state index in [-0.39, 0.29) is 24.8 Å². The fraction of sp³-hybridized carbons (Fsp3) is 0.400. The molecule has 1 aliphatic heterocycles. The summed E-state index contributed by atoms with van der Waals surface area (Å²) in [6, 6.07) is 8.49. The van der Waals surface area contributed by atoms with Crippen molar-refractivity contribution < 1.29 is 0 Å². The largest absolute Gasteiger partial charge is 0.382 e. The topological polar surface area (TPSA) is 28.2 Å². The minimum Gasteiger partial charge on any atom is -0.382 e. The monoisotopic (exact) mass is 345 g/mol. The zero-order valence-electron chi connectivity index (χ0n) is 12.2. The van der Waals surface area contributed by atoms with Crippen molar-refractivity contribution in [3.8, 4) is 0 Å². The van der Waals surface area contributed by atoms with Crippen LogP contribution >= 0.6 is 36.2 Å². The van der Waals surface area contributed by atoms with Crippen LogP contribution in [-0.4, -0.2) is 18.1 Å². The lowest BCUT2D eigenvalue weighted by atomic mass is 10.2. The summed E-state index contributed by atoms with van der Waals surface area (Å²) < 4.78 is 0. The van der Waals surface area contributed by atoms with Gasteiger partial charge < -0.3 is 10.2 Å². The van der Waals surface area contributed by atoms with Gasteiger partial charge in [0.2, 0.25) is 0 Å². The minimum atomic E-state index is 0. The van der Waals surface area contributed by atoms with E-state index in [0.29, 0.717) is 5.92 Å². The molecule has 3 rings (SSSR count). The van der Waals surface area contributed by atoms with Crippen LogP contribution in [0, 0.1) is 0 Å². The molecule has 1 aromatic carbocycles. The zero-order chi connectivity index (χ0) is 13.2. The summed E-state index contributed by atoms with van der Waals surface area (Å²) in [6.07, 6.45) is 0. The summed E-state index contributed by atoms with van der Waals surface area (Å²) in [4.78, 5) is 7.14. The summed E-state index contributed by atoms with van der Waals surface area (Å²) in [5.74, 6) is 0.522. The average Bonchev–Trinajstić information content (AvgIpc) is 2.88. The lowest BCUT2D eigenvalue weighted by Gasteiger charge is -2.31. The first-order valence-electron chi connectivity index (χ1n) is 6.76. The van der Waals surface area contributed by atoms with Gasteiger partial charge in [-0.3, -0.25) is 0 Å². The predicted octanol–water partition coefficient (Wildman–Crippen LogP) is 4.54. The Balaban J connectivity index is 0.00000110. The molecule has 116 valence electrons. The highest BCUT2D eigenvalue weighted by molar-refractivity contribution is 7.09. The van der Waals surface area contributed by atoms with Gasteiger partial charge in [0.05, 0.1) is 28.6 Å². The van der Waals surface area contributed by atoms with Gasteiger partial charge in [-0.1, -0.05) is 26.0 Å². The second kappa shape index (κ2) is 7.87. The normalized spacial score (nSPS) is 13.0. The summed E-state index contributed by atoms with van der Waals surface area (Å²) >= 11 is 1.77. The van der Waals surface area contributed by atoms with Gasteiger partial charge in [0.15, 0.2) is 0 Å². The molecule has 1 aromatic heterocycles. The summed E-state index contributed by atoms with van der Waals surface area (Å²) in [5, 5.41) is 6.87. The van der Waals surface area contributed by atoms with Crippen molar-refractivity contribution in [2.75, 3.05) is 23.3 Å². The number of para-hydroxylation sites is 2. The molecule has 0 fully saturated rings. The smallest absolute Gasteiger partial charge is 0.0954 e. The summed E-state index contributed by atoms with van der Waals surface area (Å²) in [5.41, 5.74) is 3.70. The van der Waals surface area contributed by atoms with Crippen molar-refractivity contribution in [3.63, 3.8) is 0 Å². The SMILES string of the molecule is CC(C)c1nc(CN2CCNc3ccccc32)cs1.Cl.Cl. The maximum absolute atomic E-state index is 4.73. The third kappa shape index (κ3) is 4.02. The molecule has 0 spiro atoms. The van der Waals surface area contributed by atoms with Gasteiger partial charge in [-0.15, -0.1) is 36.2 Å². The Kier molecular flexibility index (Phi) is 6.78. The molecule has 0 amide bonds. The molecule has 6 heteroatoms. The Morgan fingerprint density at radius 1 is 1.29 bits per heavy atom. The molecule has 0 saturated heterocycles. The highest BCUT2D eigenvalue weighted by Crippen LogP contribution is 2.30. The van der Waals surface area contributed by atoms with Crippen LogP contribution in [0.25, 0.3) is 0 Å². The van der Waals surface area contributed by atoms with E-state index < -0.39 is 0 Å². The standard InChI is InChI=1S/C15H19N3S.2ClH/c1-11(2)15-17-12(10-19-15)9-18-8-7-16-13-5-3-4-6-14(13)18;;/h3-6,10-11,16H,7-9H2,1-2H3;2*1H. The average molecular weight is 346 g/mol. The van der Waals surface area contributed by atoms with E-state index in [1.165, 1.54) is 22.1 Å². The lowest BCUT2D eigenvalue weighted by molar-refractivity contribution is 0.764. The Hall–Kier alpha value is -0.970. The first-order valence-corrected chi connectivity index (χ1v) is 7.64. The zero-order valence-corrected chi connectivity index (χ0v) is 14.7. The van der Waals surface area contributed by atoms with Crippen molar-refractivity contribution in [2.24, 2.45) is 0 Å². The van der Waals surface area contributed by atoms with Gasteiger partial charge in [-0.2, -0.15) is 0 Å². The van der Waals surface area contributed by atoms with E-state index in [0.717, 1.165) is 19.6 Å². The number of aromatic nitrogens is 1. The number of nitrogens with zero attached hydrogens (tertiary/aromatic N) is 2. The van der Waals surface area contributed by atoms with E-state index >= 15 is 0 Å². The van der Waals surface area contributed by atoms with E-state index in [4.69, 9.17) is 4.98 Å². The summed E-state index contributed by atoms with van der Waals surface area (Å²) in [7, 11) is 0. The Labute approximate surface area is 142 Å². The van der Waals surface area contributed by atoms with Gasteiger partial charge in [-0.25, -0.2) is 4.98 Å². The van der Waals surface area contributed by atoms with Crippen LogP contribution in [0.4, 0.5) is 11.4 Å². The third-order valence-electron chi connectivity index (χ3n) is 3.36. The van der Waals surface area contributed by atoms with Crippen LogP contribution < -0.4 is 10.2 Å². The highest BCUT2D eigenvalue weighted by atomic mass is 35.5. The van der Waals surface area contributed by atoms with E-state index in [1.54, 1.807) is 11.3 Å². The van der Waals surface area contributed by atoms with E-state index in [2.05, 4.69) is 53.7 Å². The predicted molar refractivity (Wildman–Crippen MR) is 96.7 cm³/mol. The van der Waals surface area contributed by atoms with E-state index in [9.17, 15) is 0 Å². The molecule has 0 radical (unpaired) electrons. The van der Waals surface area contributed by atoms with Gasteiger partial charge in [0.25, 0.3) is 0 Å². The van der Waals surface area contributed by atoms with Crippen molar-refractivity contribution >= 4 is 47.5 Å². The van der Waals surface area contributed by atoms with Gasteiger partial charge in [0, 0.05) is 24.4 Å². The number of anilines is 2. The van der Waals surface area contributed by atoms with Crippen molar-refractivity contribution in [1.29, 1.82) is 0 Å². The fourth-order valence-corrected chi connectivity index (χ4v) is 3.19.